The molecule has 0 unspecified atom stereocenters. The Morgan fingerprint density at radius 2 is 2.13 bits per heavy atom. The molecule has 5 nitrogen and oxygen atoms in total. The van der Waals surface area contributed by atoms with Gasteiger partial charge in [-0.2, -0.15) is 5.10 Å². The largest absolute Gasteiger partial charge is 0.331 e. The summed E-state index contributed by atoms with van der Waals surface area (Å²) in [6.07, 6.45) is 4.93. The number of ketones is 1. The molecular weight excluding hydrogens is 192 g/mol. The van der Waals surface area contributed by atoms with E-state index >= 15 is 0 Å². The minimum atomic E-state index is -0.0897. The number of nitrogens with zero attached hydrogens (tertiary/aromatic N) is 4. The van der Waals surface area contributed by atoms with Crippen molar-refractivity contribution in [2.75, 3.05) is 0 Å². The second-order valence-electron chi connectivity index (χ2n) is 3.46. The highest BCUT2D eigenvalue weighted by Gasteiger charge is 2.18. The van der Waals surface area contributed by atoms with Gasteiger partial charge < -0.3 is 4.57 Å². The highest BCUT2D eigenvalue weighted by Crippen LogP contribution is 2.11. The lowest BCUT2D eigenvalue weighted by Crippen LogP contribution is -2.09. The van der Waals surface area contributed by atoms with E-state index in [-0.39, 0.29) is 5.78 Å². The van der Waals surface area contributed by atoms with Gasteiger partial charge in [0.1, 0.15) is 0 Å². The van der Waals surface area contributed by atoms with Crippen LogP contribution >= 0.6 is 0 Å². The molecule has 5 heteroatoms. The first-order chi connectivity index (χ1) is 7.11. The molecule has 0 aliphatic rings. The fourth-order valence-electron chi connectivity index (χ4n) is 1.43. The predicted octanol–water partition coefficient (Wildman–Crippen LogP) is 0.693. The van der Waals surface area contributed by atoms with Crippen molar-refractivity contribution in [3.05, 3.63) is 35.7 Å². The molecule has 0 radical (unpaired) electrons. The Bertz CT molecular complexity index is 509. The molecule has 0 amide bonds. The van der Waals surface area contributed by atoms with Gasteiger partial charge in [0.2, 0.25) is 5.78 Å². The Morgan fingerprint density at radius 3 is 2.60 bits per heavy atom. The zero-order valence-corrected chi connectivity index (χ0v) is 8.93. The van der Waals surface area contributed by atoms with Gasteiger partial charge in [0.25, 0.3) is 0 Å². The molecular formula is C10H12N4O. The maximum Gasteiger partial charge on any atom is 0.231 e. The Labute approximate surface area is 87.4 Å². The number of rotatable bonds is 2. The Hall–Kier alpha value is -1.91. The lowest BCUT2D eigenvalue weighted by molar-refractivity contribution is 0.102. The molecule has 0 N–H and O–H groups in total. The van der Waals surface area contributed by atoms with Crippen LogP contribution < -0.4 is 0 Å². The van der Waals surface area contributed by atoms with Crippen LogP contribution in [0.15, 0.2) is 18.6 Å². The third kappa shape index (κ3) is 1.45. The molecule has 0 spiro atoms. The van der Waals surface area contributed by atoms with Crippen LogP contribution in [0.25, 0.3) is 0 Å². The second kappa shape index (κ2) is 3.34. The van der Waals surface area contributed by atoms with E-state index in [4.69, 9.17) is 0 Å². The molecule has 0 aliphatic carbocycles. The zero-order chi connectivity index (χ0) is 11.0. The first-order valence-electron chi connectivity index (χ1n) is 4.62. The van der Waals surface area contributed by atoms with Crippen molar-refractivity contribution in [1.82, 2.24) is 19.3 Å². The van der Waals surface area contributed by atoms with Gasteiger partial charge in [0.05, 0.1) is 11.8 Å². The van der Waals surface area contributed by atoms with Crippen LogP contribution in [0.5, 0.6) is 0 Å². The molecule has 78 valence electrons. The van der Waals surface area contributed by atoms with Gasteiger partial charge in [-0.05, 0) is 6.92 Å². The van der Waals surface area contributed by atoms with E-state index in [1.165, 1.54) is 0 Å². The molecule has 15 heavy (non-hydrogen) atoms. The fraction of sp³-hybridized carbons (Fsp3) is 0.300. The third-order valence-electron chi connectivity index (χ3n) is 2.50. The van der Waals surface area contributed by atoms with Gasteiger partial charge >= 0.3 is 0 Å². The van der Waals surface area contributed by atoms with E-state index < -0.39 is 0 Å². The smallest absolute Gasteiger partial charge is 0.231 e. The summed E-state index contributed by atoms with van der Waals surface area (Å²) in [5.41, 5.74) is 1.45. The van der Waals surface area contributed by atoms with Gasteiger partial charge in [-0.1, -0.05) is 0 Å². The molecule has 0 aliphatic heterocycles. The molecule has 0 saturated carbocycles. The van der Waals surface area contributed by atoms with Crippen LogP contribution in [-0.4, -0.2) is 25.1 Å². The minimum Gasteiger partial charge on any atom is -0.331 e. The summed E-state index contributed by atoms with van der Waals surface area (Å²) in [5, 5.41) is 4.04. The van der Waals surface area contributed by atoms with E-state index in [0.29, 0.717) is 11.4 Å². The summed E-state index contributed by atoms with van der Waals surface area (Å²) in [6.45, 7) is 1.86. The molecule has 0 saturated heterocycles. The molecule has 2 aromatic heterocycles. The van der Waals surface area contributed by atoms with E-state index in [9.17, 15) is 4.79 Å². The monoisotopic (exact) mass is 204 g/mol. The predicted molar refractivity (Wildman–Crippen MR) is 54.6 cm³/mol. The fourth-order valence-corrected chi connectivity index (χ4v) is 1.43. The van der Waals surface area contributed by atoms with Crippen molar-refractivity contribution < 1.29 is 4.79 Å². The van der Waals surface area contributed by atoms with E-state index in [0.717, 1.165) is 5.69 Å². The Kier molecular flexibility index (Phi) is 2.15. The van der Waals surface area contributed by atoms with Crippen LogP contribution in [0.3, 0.4) is 0 Å². The van der Waals surface area contributed by atoms with Crippen LogP contribution in [0.2, 0.25) is 0 Å². The highest BCUT2D eigenvalue weighted by atomic mass is 16.1. The number of carbonyl (C=O) groups excluding carboxylic acids is 1. The van der Waals surface area contributed by atoms with Crippen molar-refractivity contribution >= 4 is 5.78 Å². The third-order valence-corrected chi connectivity index (χ3v) is 2.50. The van der Waals surface area contributed by atoms with Crippen molar-refractivity contribution in [2.24, 2.45) is 14.1 Å². The van der Waals surface area contributed by atoms with Crippen LogP contribution in [0, 0.1) is 6.92 Å². The van der Waals surface area contributed by atoms with E-state index in [2.05, 4.69) is 10.1 Å². The topological polar surface area (TPSA) is 52.7 Å². The summed E-state index contributed by atoms with van der Waals surface area (Å²) in [6, 6.07) is 0. The first kappa shape index (κ1) is 9.64. The lowest BCUT2D eigenvalue weighted by Gasteiger charge is -2.00. The minimum absolute atomic E-state index is 0.0897. The number of hydrogen-bond acceptors (Lipinski definition) is 3. The first-order valence-corrected chi connectivity index (χ1v) is 4.62. The SMILES string of the molecule is Cc1c(C(=O)c2nccn2C)cnn1C. The molecule has 0 atom stereocenters. The summed E-state index contributed by atoms with van der Waals surface area (Å²) in [5.74, 6) is 0.346. The van der Waals surface area contributed by atoms with Crippen molar-refractivity contribution in [3.8, 4) is 0 Å². The van der Waals surface area contributed by atoms with Gasteiger partial charge in [-0.25, -0.2) is 4.98 Å². The number of imidazole rings is 1. The van der Waals surface area contributed by atoms with Gasteiger partial charge in [0, 0.05) is 32.2 Å². The van der Waals surface area contributed by atoms with Gasteiger partial charge in [-0.15, -0.1) is 0 Å². The molecule has 0 aromatic carbocycles. The maximum atomic E-state index is 12.0. The second-order valence-corrected chi connectivity index (χ2v) is 3.46. The van der Waals surface area contributed by atoms with E-state index in [1.807, 2.05) is 14.0 Å². The molecule has 2 aromatic rings. The molecule has 0 fully saturated rings. The van der Waals surface area contributed by atoms with Gasteiger partial charge in [-0.3, -0.25) is 9.48 Å². The normalized spacial score (nSPS) is 10.6. The average Bonchev–Trinajstić information content (AvgIpc) is 2.75. The summed E-state index contributed by atoms with van der Waals surface area (Å²) in [4.78, 5) is 16.0. The van der Waals surface area contributed by atoms with Crippen molar-refractivity contribution in [1.29, 1.82) is 0 Å². The Balaban J connectivity index is 2.46. The summed E-state index contributed by atoms with van der Waals surface area (Å²) < 4.78 is 3.38. The Morgan fingerprint density at radius 1 is 1.40 bits per heavy atom. The zero-order valence-electron chi connectivity index (χ0n) is 8.93. The van der Waals surface area contributed by atoms with Crippen LogP contribution in [0.4, 0.5) is 0 Å². The standard InChI is InChI=1S/C10H12N4O/c1-7-8(6-12-14(7)3)9(15)10-11-4-5-13(10)2/h4-6H,1-3H3. The summed E-state index contributed by atoms with van der Waals surface area (Å²) in [7, 11) is 3.61. The average molecular weight is 204 g/mol. The molecule has 2 heterocycles. The molecule has 2 rings (SSSR count). The molecule has 0 bridgehead atoms. The highest BCUT2D eigenvalue weighted by molar-refractivity contribution is 6.07. The quantitative estimate of drug-likeness (QED) is 0.676. The lowest BCUT2D eigenvalue weighted by atomic mass is 10.1. The van der Waals surface area contributed by atoms with Crippen molar-refractivity contribution in [2.45, 2.75) is 6.92 Å². The number of carbonyl (C=O) groups is 1. The van der Waals surface area contributed by atoms with Crippen LogP contribution in [0.1, 0.15) is 21.9 Å². The number of aromatic nitrogens is 4. The maximum absolute atomic E-state index is 12.0. The number of aryl methyl sites for hydroxylation is 2. The summed E-state index contributed by atoms with van der Waals surface area (Å²) >= 11 is 0. The van der Waals surface area contributed by atoms with E-state index in [1.54, 1.807) is 34.9 Å². The van der Waals surface area contributed by atoms with Crippen LogP contribution in [-0.2, 0) is 14.1 Å². The van der Waals surface area contributed by atoms with Gasteiger partial charge in [0.15, 0.2) is 5.82 Å². The number of hydrogen-bond donors (Lipinski definition) is 0. The van der Waals surface area contributed by atoms with Crippen molar-refractivity contribution in [3.63, 3.8) is 0 Å².